The van der Waals surface area contributed by atoms with Gasteiger partial charge in [-0.25, -0.2) is 0 Å². The fraction of sp³-hybridized carbons (Fsp3) is 0.471. The first kappa shape index (κ1) is 50.3. The summed E-state index contributed by atoms with van der Waals surface area (Å²) in [6.45, 7) is 14.8. The van der Waals surface area contributed by atoms with Crippen molar-refractivity contribution in [3.05, 3.63) is 107 Å². The van der Waals surface area contributed by atoms with Crippen LogP contribution in [0.3, 0.4) is 0 Å². The molecule has 2 aliphatic rings. The number of anilines is 1. The van der Waals surface area contributed by atoms with E-state index in [9.17, 15) is 29.5 Å². The number of carbonyl (C=O) groups is 4. The summed E-state index contributed by atoms with van der Waals surface area (Å²) < 4.78 is 12.0. The molecule has 0 spiro atoms. The van der Waals surface area contributed by atoms with E-state index in [2.05, 4.69) is 65.0 Å². The SMILES string of the molecule is CC1(C)C(NC(=O)c2ccc(NCCCCCOCC(=O)N[C@H](C(=O)N3C[C@H](O)C[C@H]3C(=O)NCc3ccc(-c4cnccn4)cc3)C(C)(C)C)cc2)C(C)(C)C1Oc1ccc(C#N)c(Cl)c1. The number of hydrogen-bond donors (Lipinski definition) is 5. The minimum absolute atomic E-state index is 0.0179. The monoisotopic (exact) mass is 934 g/mol. The number of ether oxygens (including phenoxy) is 2. The lowest BCUT2D eigenvalue weighted by molar-refractivity contribution is -0.164. The lowest BCUT2D eigenvalue weighted by Gasteiger charge is -2.63. The van der Waals surface area contributed by atoms with Gasteiger partial charge < -0.3 is 40.7 Å². The minimum Gasteiger partial charge on any atom is -0.489 e. The van der Waals surface area contributed by atoms with Crippen molar-refractivity contribution in [2.24, 2.45) is 16.2 Å². The second-order valence-corrected chi connectivity index (χ2v) is 20.1. The summed E-state index contributed by atoms with van der Waals surface area (Å²) in [6, 6.07) is 20.0. The van der Waals surface area contributed by atoms with Gasteiger partial charge in [0.1, 0.15) is 36.6 Å². The Kier molecular flexibility index (Phi) is 16.3. The van der Waals surface area contributed by atoms with Gasteiger partial charge in [0.25, 0.3) is 5.91 Å². The van der Waals surface area contributed by atoms with Crippen LogP contribution in [0.25, 0.3) is 11.3 Å². The van der Waals surface area contributed by atoms with Gasteiger partial charge in [-0.05, 0) is 66.6 Å². The van der Waals surface area contributed by atoms with Crippen LogP contribution in [0, 0.1) is 27.6 Å². The van der Waals surface area contributed by atoms with E-state index in [1.54, 1.807) is 48.9 Å². The third-order valence-corrected chi connectivity index (χ3v) is 13.0. The molecule has 5 N–H and O–H groups in total. The number of rotatable bonds is 19. The average Bonchev–Trinajstić information content (AvgIpc) is 3.70. The molecule has 1 saturated heterocycles. The number of nitrogens with one attached hydrogen (secondary N) is 4. The Balaban J connectivity index is 0.877. The van der Waals surface area contributed by atoms with Gasteiger partial charge in [-0.15, -0.1) is 0 Å². The number of amides is 4. The van der Waals surface area contributed by atoms with Crippen molar-refractivity contribution in [2.45, 2.75) is 111 Å². The van der Waals surface area contributed by atoms with E-state index in [-0.39, 0.29) is 60.9 Å². The molecule has 6 rings (SSSR count). The van der Waals surface area contributed by atoms with E-state index < -0.39 is 35.4 Å². The molecular weight excluding hydrogens is 872 g/mol. The molecule has 1 aliphatic heterocycles. The molecule has 0 bridgehead atoms. The maximum absolute atomic E-state index is 14.0. The summed E-state index contributed by atoms with van der Waals surface area (Å²) in [4.78, 5) is 63.6. The normalized spacial score (nSPS) is 19.9. The fourth-order valence-corrected chi connectivity index (χ4v) is 9.54. The molecule has 2 heterocycles. The van der Waals surface area contributed by atoms with Crippen molar-refractivity contribution in [2.75, 3.05) is 31.6 Å². The van der Waals surface area contributed by atoms with Crippen LogP contribution in [0.4, 0.5) is 5.69 Å². The summed E-state index contributed by atoms with van der Waals surface area (Å²) in [6.07, 6.45) is 6.35. The minimum atomic E-state index is -0.954. The molecule has 1 saturated carbocycles. The second kappa shape index (κ2) is 21.7. The highest BCUT2D eigenvalue weighted by Gasteiger charge is 2.64. The van der Waals surface area contributed by atoms with E-state index in [1.165, 1.54) is 4.90 Å². The summed E-state index contributed by atoms with van der Waals surface area (Å²) in [5, 5.41) is 32.5. The van der Waals surface area contributed by atoms with Crippen molar-refractivity contribution in [3.8, 4) is 23.1 Å². The number of hydrogen-bond acceptors (Lipinski definition) is 11. The van der Waals surface area contributed by atoms with Gasteiger partial charge in [0.15, 0.2) is 0 Å². The quantitative estimate of drug-likeness (QED) is 0.0626. The Hall–Kier alpha value is -6.08. The maximum atomic E-state index is 14.0. The average molecular weight is 936 g/mol. The third kappa shape index (κ3) is 12.5. The van der Waals surface area contributed by atoms with Crippen molar-refractivity contribution >= 4 is 40.9 Å². The number of halogens is 1. The number of aromatic nitrogens is 2. The zero-order chi connectivity index (χ0) is 48.5. The van der Waals surface area contributed by atoms with E-state index in [0.717, 1.165) is 41.8 Å². The molecule has 15 nitrogen and oxygen atoms in total. The lowest BCUT2D eigenvalue weighted by Crippen LogP contribution is -2.74. The molecule has 3 atom stereocenters. The first-order valence-corrected chi connectivity index (χ1v) is 23.2. The van der Waals surface area contributed by atoms with Crippen LogP contribution in [-0.2, 0) is 25.7 Å². The number of aliphatic hydroxyl groups excluding tert-OH is 1. The number of unbranched alkanes of at least 4 members (excludes halogenated alkanes) is 2. The van der Waals surface area contributed by atoms with E-state index in [4.69, 9.17) is 21.1 Å². The molecular formula is C51H63ClN8O7. The molecule has 2 fully saturated rings. The van der Waals surface area contributed by atoms with Crippen molar-refractivity contribution in [1.29, 1.82) is 5.26 Å². The summed E-state index contributed by atoms with van der Waals surface area (Å²) in [7, 11) is 0. The van der Waals surface area contributed by atoms with Gasteiger partial charge in [-0.1, -0.05) is 84.3 Å². The number of likely N-dealkylation sites (tertiary alicyclic amines) is 1. The van der Waals surface area contributed by atoms with E-state index >= 15 is 0 Å². The lowest BCUT2D eigenvalue weighted by atomic mass is 9.49. The second-order valence-electron chi connectivity index (χ2n) is 19.7. The summed E-state index contributed by atoms with van der Waals surface area (Å²) in [5.74, 6) is -0.852. The number of carbonyl (C=O) groups excluding carboxylic acids is 4. The molecule has 0 unspecified atom stereocenters. The summed E-state index contributed by atoms with van der Waals surface area (Å²) in [5.41, 5.74) is 2.87. The molecule has 356 valence electrons. The fourth-order valence-electron chi connectivity index (χ4n) is 9.32. The highest BCUT2D eigenvalue weighted by Crippen LogP contribution is 2.55. The molecule has 16 heteroatoms. The highest BCUT2D eigenvalue weighted by molar-refractivity contribution is 6.31. The molecule has 67 heavy (non-hydrogen) atoms. The van der Waals surface area contributed by atoms with Crippen LogP contribution in [0.5, 0.6) is 5.75 Å². The molecule has 3 aromatic carbocycles. The van der Waals surface area contributed by atoms with Crippen LogP contribution in [-0.4, -0.2) is 100 Å². The van der Waals surface area contributed by atoms with Gasteiger partial charge in [-0.3, -0.25) is 29.1 Å². The van der Waals surface area contributed by atoms with Crippen LogP contribution in [0.15, 0.2) is 85.3 Å². The molecule has 0 radical (unpaired) electrons. The van der Waals surface area contributed by atoms with Crippen molar-refractivity contribution in [1.82, 2.24) is 30.8 Å². The Morgan fingerprint density at radius 2 is 1.69 bits per heavy atom. The molecule has 4 aromatic rings. The number of nitriles is 1. The van der Waals surface area contributed by atoms with Crippen molar-refractivity contribution < 1.29 is 33.8 Å². The van der Waals surface area contributed by atoms with Gasteiger partial charge in [0.05, 0.1) is 28.6 Å². The molecule has 4 amide bonds. The number of aliphatic hydroxyl groups is 1. The number of benzene rings is 3. The highest BCUT2D eigenvalue weighted by atomic mass is 35.5. The first-order valence-electron chi connectivity index (χ1n) is 22.8. The maximum Gasteiger partial charge on any atom is 0.251 e. The number of nitrogens with zero attached hydrogens (tertiary/aromatic N) is 4. The van der Waals surface area contributed by atoms with Crippen LogP contribution in [0.2, 0.25) is 5.02 Å². The largest absolute Gasteiger partial charge is 0.489 e. The Labute approximate surface area is 398 Å². The predicted molar refractivity (Wildman–Crippen MR) is 256 cm³/mol. The Morgan fingerprint density at radius 3 is 2.33 bits per heavy atom. The van der Waals surface area contributed by atoms with Gasteiger partial charge in [-0.2, -0.15) is 5.26 Å². The van der Waals surface area contributed by atoms with Crippen LogP contribution < -0.4 is 26.0 Å². The van der Waals surface area contributed by atoms with Crippen LogP contribution >= 0.6 is 11.6 Å². The van der Waals surface area contributed by atoms with E-state index in [1.807, 2.05) is 57.2 Å². The van der Waals surface area contributed by atoms with E-state index in [0.29, 0.717) is 35.1 Å². The molecule has 1 aromatic heterocycles. The number of β-amino-alcohol motifs (C(OH)–C–C–N with tert-alkyl or cyclic N) is 1. The zero-order valence-corrected chi connectivity index (χ0v) is 40.2. The Morgan fingerprint density at radius 1 is 0.970 bits per heavy atom. The Bertz CT molecular complexity index is 2390. The smallest absolute Gasteiger partial charge is 0.251 e. The van der Waals surface area contributed by atoms with Gasteiger partial charge in [0, 0.05) is 84.8 Å². The van der Waals surface area contributed by atoms with Crippen molar-refractivity contribution in [3.63, 3.8) is 0 Å². The predicted octanol–water partition coefficient (Wildman–Crippen LogP) is 6.69. The first-order chi connectivity index (χ1) is 31.8. The zero-order valence-electron chi connectivity index (χ0n) is 39.4. The molecule has 1 aliphatic carbocycles. The summed E-state index contributed by atoms with van der Waals surface area (Å²) >= 11 is 6.24. The van der Waals surface area contributed by atoms with Gasteiger partial charge >= 0.3 is 0 Å². The van der Waals surface area contributed by atoms with Gasteiger partial charge in [0.2, 0.25) is 17.7 Å². The topological polar surface area (TPSA) is 208 Å². The van der Waals surface area contributed by atoms with Crippen LogP contribution in [0.1, 0.15) is 95.6 Å². The third-order valence-electron chi connectivity index (χ3n) is 12.7. The standard InChI is InChI=1S/C51H63ClN8O7/c1-49(2,3)43(46(65)60-30-37(61)25-41(60)45(64)57-28-32-11-13-33(14-12-32)40-29-54-22-23-56-40)58-42(62)31-66-24-10-8-9-21-55-36-18-15-34(16-19-36)44(63)59-47-50(4,5)48(51(47,6)7)67-38-20-17-35(27-53)39(52)26-38/h11-20,22-23,26,29,37,41,43,47-48,55,61H,8-10,21,24-25,28,30-31H2,1-7H3,(H,57,64)(H,58,62)(H,59,63)/t37-,41+,43-,47?,48?/m1/s1.